The van der Waals surface area contributed by atoms with Gasteiger partial charge < -0.3 is 10.5 Å². The van der Waals surface area contributed by atoms with Crippen molar-refractivity contribution in [1.29, 1.82) is 0 Å². The van der Waals surface area contributed by atoms with E-state index in [1.807, 2.05) is 0 Å². The Kier molecular flexibility index (Phi) is 3.10. The van der Waals surface area contributed by atoms with Crippen LogP contribution in [0.2, 0.25) is 0 Å². The molecule has 2 aromatic carbocycles. The molecule has 0 saturated carbocycles. The fourth-order valence-electron chi connectivity index (χ4n) is 2.12. The molecule has 20 heavy (non-hydrogen) atoms. The number of anilines is 1. The zero-order chi connectivity index (χ0) is 14.3. The summed E-state index contributed by atoms with van der Waals surface area (Å²) in [4.78, 5) is 4.24. The molecule has 3 rings (SSSR count). The molecule has 0 radical (unpaired) electrons. The van der Waals surface area contributed by atoms with E-state index in [1.165, 1.54) is 6.07 Å². The van der Waals surface area contributed by atoms with Crippen LogP contribution in [0.3, 0.4) is 0 Å². The van der Waals surface area contributed by atoms with Gasteiger partial charge in [0, 0.05) is 10.5 Å². The van der Waals surface area contributed by atoms with Crippen LogP contribution in [0.5, 0.6) is 5.75 Å². The van der Waals surface area contributed by atoms with Gasteiger partial charge in [0.2, 0.25) is 5.95 Å². The Balaban J connectivity index is 2.31. The van der Waals surface area contributed by atoms with Gasteiger partial charge in [0.15, 0.2) is 0 Å². The van der Waals surface area contributed by atoms with Crippen molar-refractivity contribution < 1.29 is 9.13 Å². The Morgan fingerprint density at radius 3 is 2.75 bits per heavy atom. The Labute approximate surface area is 123 Å². The number of nitrogen functional groups attached to an aromatic ring is 1. The van der Waals surface area contributed by atoms with Crippen LogP contribution in [0, 0.1) is 5.82 Å². The number of nitrogens with zero attached hydrogens (tertiary/aromatic N) is 2. The quantitative estimate of drug-likeness (QED) is 0.779. The number of halogens is 2. The van der Waals surface area contributed by atoms with E-state index in [2.05, 4.69) is 20.9 Å². The van der Waals surface area contributed by atoms with E-state index in [0.717, 1.165) is 0 Å². The molecule has 1 aromatic heterocycles. The van der Waals surface area contributed by atoms with E-state index in [1.54, 1.807) is 42.0 Å². The van der Waals surface area contributed by atoms with Crippen LogP contribution < -0.4 is 10.5 Å². The molecule has 1 heterocycles. The SMILES string of the molecule is COc1ccc2nc(N)n(-c3ccc(Br)cc3F)c2c1. The number of benzene rings is 2. The largest absolute Gasteiger partial charge is 0.497 e. The molecule has 0 aliphatic carbocycles. The normalized spacial score (nSPS) is 10.9. The molecule has 0 bridgehead atoms. The van der Waals surface area contributed by atoms with Crippen LogP contribution >= 0.6 is 15.9 Å². The summed E-state index contributed by atoms with van der Waals surface area (Å²) in [5, 5.41) is 0. The molecule has 0 saturated heterocycles. The standard InChI is InChI=1S/C14H11BrFN3O/c1-20-9-3-4-11-13(7-9)19(14(17)18-11)12-5-2-8(15)6-10(12)16/h2-7H,1H3,(H2,17,18). The summed E-state index contributed by atoms with van der Waals surface area (Å²) < 4.78 is 21.6. The summed E-state index contributed by atoms with van der Waals surface area (Å²) >= 11 is 3.23. The average Bonchev–Trinajstić information content (AvgIpc) is 2.74. The second-order valence-corrected chi connectivity index (χ2v) is 5.17. The van der Waals surface area contributed by atoms with E-state index in [-0.39, 0.29) is 11.8 Å². The predicted molar refractivity (Wildman–Crippen MR) is 79.7 cm³/mol. The Hall–Kier alpha value is -2.08. The topological polar surface area (TPSA) is 53.1 Å². The van der Waals surface area contributed by atoms with Gasteiger partial charge in [-0.25, -0.2) is 9.37 Å². The van der Waals surface area contributed by atoms with E-state index < -0.39 is 0 Å². The molecule has 102 valence electrons. The number of hydrogen-bond donors (Lipinski definition) is 1. The third-order valence-corrected chi connectivity index (χ3v) is 3.53. The lowest BCUT2D eigenvalue weighted by molar-refractivity contribution is 0.415. The van der Waals surface area contributed by atoms with Gasteiger partial charge in [-0.2, -0.15) is 0 Å². The molecule has 0 aliphatic heterocycles. The summed E-state index contributed by atoms with van der Waals surface area (Å²) in [6.07, 6.45) is 0. The minimum Gasteiger partial charge on any atom is -0.497 e. The van der Waals surface area contributed by atoms with Crippen molar-refractivity contribution in [3.05, 3.63) is 46.7 Å². The molecule has 0 spiro atoms. The maximum atomic E-state index is 14.1. The minimum absolute atomic E-state index is 0.231. The number of fused-ring (bicyclic) bond motifs is 1. The first-order chi connectivity index (χ1) is 9.60. The van der Waals surface area contributed by atoms with Gasteiger partial charge >= 0.3 is 0 Å². The second kappa shape index (κ2) is 4.79. The average molecular weight is 336 g/mol. The number of nitrogens with two attached hydrogens (primary N) is 1. The molecule has 4 nitrogen and oxygen atoms in total. The van der Waals surface area contributed by atoms with Crippen molar-refractivity contribution in [3.63, 3.8) is 0 Å². The van der Waals surface area contributed by atoms with Gasteiger partial charge in [-0.3, -0.25) is 4.57 Å². The van der Waals surface area contributed by atoms with Gasteiger partial charge in [0.1, 0.15) is 11.6 Å². The van der Waals surface area contributed by atoms with Crippen LogP contribution in [0.25, 0.3) is 16.7 Å². The number of aromatic nitrogens is 2. The number of rotatable bonds is 2. The van der Waals surface area contributed by atoms with Crippen LogP contribution in [0.1, 0.15) is 0 Å². The third-order valence-electron chi connectivity index (χ3n) is 3.04. The second-order valence-electron chi connectivity index (χ2n) is 4.26. The first kappa shape index (κ1) is 12.9. The molecule has 0 fully saturated rings. The fraction of sp³-hybridized carbons (Fsp3) is 0.0714. The van der Waals surface area contributed by atoms with Crippen LogP contribution in [0.15, 0.2) is 40.9 Å². The summed E-state index contributed by atoms with van der Waals surface area (Å²) in [7, 11) is 1.57. The first-order valence-corrected chi connectivity index (χ1v) is 6.67. The fourth-order valence-corrected chi connectivity index (χ4v) is 2.45. The molecular weight excluding hydrogens is 325 g/mol. The highest BCUT2D eigenvalue weighted by atomic mass is 79.9. The van der Waals surface area contributed by atoms with Gasteiger partial charge in [-0.1, -0.05) is 15.9 Å². The number of methoxy groups -OCH3 is 1. The first-order valence-electron chi connectivity index (χ1n) is 5.87. The molecule has 0 unspecified atom stereocenters. The zero-order valence-corrected chi connectivity index (χ0v) is 12.2. The van der Waals surface area contributed by atoms with Gasteiger partial charge in [-0.05, 0) is 30.3 Å². The van der Waals surface area contributed by atoms with Crippen molar-refractivity contribution in [2.75, 3.05) is 12.8 Å². The van der Waals surface area contributed by atoms with Crippen LogP contribution in [-0.4, -0.2) is 16.7 Å². The van der Waals surface area contributed by atoms with Crippen molar-refractivity contribution in [1.82, 2.24) is 9.55 Å². The van der Waals surface area contributed by atoms with E-state index in [4.69, 9.17) is 10.5 Å². The summed E-state index contributed by atoms with van der Waals surface area (Å²) in [6.45, 7) is 0. The molecule has 0 aliphatic rings. The highest BCUT2D eigenvalue weighted by Crippen LogP contribution is 2.28. The van der Waals surface area contributed by atoms with Crippen molar-refractivity contribution in [3.8, 4) is 11.4 Å². The van der Waals surface area contributed by atoms with E-state index >= 15 is 0 Å². The van der Waals surface area contributed by atoms with Crippen molar-refractivity contribution in [2.24, 2.45) is 0 Å². The predicted octanol–water partition coefficient (Wildman–Crippen LogP) is 3.52. The lowest BCUT2D eigenvalue weighted by atomic mass is 10.2. The number of hydrogen-bond acceptors (Lipinski definition) is 3. The maximum Gasteiger partial charge on any atom is 0.206 e. The molecular formula is C14H11BrFN3O. The highest BCUT2D eigenvalue weighted by Gasteiger charge is 2.14. The van der Waals surface area contributed by atoms with Gasteiger partial charge in [0.05, 0.1) is 23.8 Å². The summed E-state index contributed by atoms with van der Waals surface area (Å²) in [5.41, 5.74) is 7.65. The van der Waals surface area contributed by atoms with Gasteiger partial charge in [-0.15, -0.1) is 0 Å². The molecule has 0 atom stereocenters. The lowest BCUT2D eigenvalue weighted by Gasteiger charge is -2.08. The molecule has 2 N–H and O–H groups in total. The Morgan fingerprint density at radius 1 is 1.25 bits per heavy atom. The van der Waals surface area contributed by atoms with E-state index in [0.29, 0.717) is 26.9 Å². The summed E-state index contributed by atoms with van der Waals surface area (Å²) in [5.74, 6) is 0.513. The van der Waals surface area contributed by atoms with Crippen molar-refractivity contribution >= 4 is 32.9 Å². The lowest BCUT2D eigenvalue weighted by Crippen LogP contribution is -2.03. The van der Waals surface area contributed by atoms with Crippen LogP contribution in [-0.2, 0) is 0 Å². The zero-order valence-electron chi connectivity index (χ0n) is 10.6. The monoisotopic (exact) mass is 335 g/mol. The molecule has 0 amide bonds. The summed E-state index contributed by atoms with van der Waals surface area (Å²) in [6, 6.07) is 10.1. The molecule has 3 aromatic rings. The minimum atomic E-state index is -0.381. The Bertz CT molecular complexity index is 800. The number of imidazole rings is 1. The van der Waals surface area contributed by atoms with Crippen molar-refractivity contribution in [2.45, 2.75) is 0 Å². The van der Waals surface area contributed by atoms with E-state index in [9.17, 15) is 4.39 Å². The number of ether oxygens (including phenoxy) is 1. The highest BCUT2D eigenvalue weighted by molar-refractivity contribution is 9.10. The molecule has 6 heteroatoms. The Morgan fingerprint density at radius 2 is 2.05 bits per heavy atom. The third kappa shape index (κ3) is 2.02. The maximum absolute atomic E-state index is 14.1. The van der Waals surface area contributed by atoms with Crippen LogP contribution in [0.4, 0.5) is 10.3 Å². The smallest absolute Gasteiger partial charge is 0.206 e. The van der Waals surface area contributed by atoms with Gasteiger partial charge in [0.25, 0.3) is 0 Å².